The summed E-state index contributed by atoms with van der Waals surface area (Å²) in [7, 11) is 0. The summed E-state index contributed by atoms with van der Waals surface area (Å²) in [6.45, 7) is 2.63. The highest BCUT2D eigenvalue weighted by atomic mass is 16.5. The van der Waals surface area contributed by atoms with Gasteiger partial charge in [-0.1, -0.05) is 37.1 Å². The molecule has 0 bridgehead atoms. The first-order valence-corrected chi connectivity index (χ1v) is 10.5. The molecule has 1 saturated heterocycles. The van der Waals surface area contributed by atoms with Crippen LogP contribution >= 0.6 is 0 Å². The monoisotopic (exact) mass is 395 g/mol. The van der Waals surface area contributed by atoms with Crippen molar-refractivity contribution in [3.8, 4) is 5.75 Å². The molecule has 1 saturated carbocycles. The summed E-state index contributed by atoms with van der Waals surface area (Å²) < 4.78 is 12.0. The lowest BCUT2D eigenvalue weighted by Gasteiger charge is -2.49. The lowest BCUT2D eigenvalue weighted by atomic mass is 9.78. The summed E-state index contributed by atoms with van der Waals surface area (Å²) >= 11 is 0. The van der Waals surface area contributed by atoms with Gasteiger partial charge in [-0.15, -0.1) is 0 Å². The van der Waals surface area contributed by atoms with Gasteiger partial charge in [-0.3, -0.25) is 9.78 Å². The van der Waals surface area contributed by atoms with Crippen LogP contribution in [-0.4, -0.2) is 53.7 Å². The van der Waals surface area contributed by atoms with Crippen LogP contribution in [0.1, 0.15) is 31.2 Å². The van der Waals surface area contributed by atoms with Crippen molar-refractivity contribution < 1.29 is 14.3 Å². The van der Waals surface area contributed by atoms with Crippen molar-refractivity contribution in [1.82, 2.24) is 15.2 Å². The maximum Gasteiger partial charge on any atom is 0.260 e. The van der Waals surface area contributed by atoms with E-state index in [-0.39, 0.29) is 24.2 Å². The van der Waals surface area contributed by atoms with E-state index < -0.39 is 0 Å². The predicted molar refractivity (Wildman–Crippen MR) is 111 cm³/mol. The van der Waals surface area contributed by atoms with E-state index in [1.807, 2.05) is 47.5 Å². The zero-order valence-corrected chi connectivity index (χ0v) is 16.8. The van der Waals surface area contributed by atoms with E-state index >= 15 is 0 Å². The van der Waals surface area contributed by atoms with Crippen molar-refractivity contribution in [2.24, 2.45) is 0 Å². The third-order valence-electron chi connectivity index (χ3n) is 5.92. The number of nitrogens with zero attached hydrogens (tertiary/aromatic N) is 2. The molecule has 6 heteroatoms. The topological polar surface area (TPSA) is 63.7 Å². The molecule has 1 amide bonds. The number of nitrogens with one attached hydrogen (secondary N) is 1. The van der Waals surface area contributed by atoms with Gasteiger partial charge >= 0.3 is 0 Å². The van der Waals surface area contributed by atoms with E-state index in [9.17, 15) is 4.79 Å². The van der Waals surface area contributed by atoms with Crippen LogP contribution in [0.25, 0.3) is 0 Å². The van der Waals surface area contributed by atoms with Crippen molar-refractivity contribution in [3.05, 3.63) is 60.4 Å². The normalized spacial score (nSPS) is 24.4. The number of morpholine rings is 1. The SMILES string of the molecule is O=C(COc1ccccc1)N1CCO[C@@]2(CCCC[C@H]2NCc2cccnc2)C1. The lowest BCUT2D eigenvalue weighted by Crippen LogP contribution is -2.64. The summed E-state index contributed by atoms with van der Waals surface area (Å²) in [5.74, 6) is 0.741. The Morgan fingerprint density at radius 3 is 2.97 bits per heavy atom. The molecule has 4 rings (SSSR count). The Balaban J connectivity index is 1.38. The van der Waals surface area contributed by atoms with Crippen LogP contribution in [0.2, 0.25) is 0 Å². The van der Waals surface area contributed by atoms with Gasteiger partial charge in [0.05, 0.1) is 13.2 Å². The number of benzene rings is 1. The number of ether oxygens (including phenoxy) is 2. The summed E-state index contributed by atoms with van der Waals surface area (Å²) in [5, 5.41) is 3.68. The van der Waals surface area contributed by atoms with Crippen LogP contribution in [-0.2, 0) is 16.1 Å². The molecule has 0 unspecified atom stereocenters. The molecule has 6 nitrogen and oxygen atoms in total. The Morgan fingerprint density at radius 2 is 2.14 bits per heavy atom. The average molecular weight is 396 g/mol. The summed E-state index contributed by atoms with van der Waals surface area (Å²) in [6, 6.07) is 13.7. The lowest BCUT2D eigenvalue weighted by molar-refractivity contribution is -0.164. The van der Waals surface area contributed by atoms with Gasteiger partial charge in [0.15, 0.2) is 6.61 Å². The van der Waals surface area contributed by atoms with Crippen LogP contribution in [0.3, 0.4) is 0 Å². The van der Waals surface area contributed by atoms with Gasteiger partial charge < -0.3 is 19.7 Å². The summed E-state index contributed by atoms with van der Waals surface area (Å²) in [5.41, 5.74) is 0.842. The number of rotatable bonds is 6. The van der Waals surface area contributed by atoms with Gasteiger partial charge in [0.1, 0.15) is 11.4 Å². The Labute approximate surface area is 172 Å². The second kappa shape index (κ2) is 9.37. The van der Waals surface area contributed by atoms with E-state index in [0.717, 1.165) is 37.1 Å². The molecular formula is C23H29N3O3. The van der Waals surface area contributed by atoms with E-state index in [1.54, 1.807) is 6.20 Å². The van der Waals surface area contributed by atoms with E-state index in [4.69, 9.17) is 9.47 Å². The third-order valence-corrected chi connectivity index (χ3v) is 5.92. The van der Waals surface area contributed by atoms with Crippen molar-refractivity contribution in [3.63, 3.8) is 0 Å². The van der Waals surface area contributed by atoms with Gasteiger partial charge in [-0.25, -0.2) is 0 Å². The summed E-state index contributed by atoms with van der Waals surface area (Å²) in [4.78, 5) is 18.9. The van der Waals surface area contributed by atoms with Gasteiger partial charge in [0.2, 0.25) is 0 Å². The Hall–Kier alpha value is -2.44. The Morgan fingerprint density at radius 1 is 1.24 bits per heavy atom. The zero-order valence-electron chi connectivity index (χ0n) is 16.8. The smallest absolute Gasteiger partial charge is 0.260 e. The second-order valence-corrected chi connectivity index (χ2v) is 7.87. The number of amides is 1. The molecule has 1 N–H and O–H groups in total. The molecule has 0 radical (unpaired) electrons. The standard InChI is InChI=1S/C23H29N3O3/c27-22(17-28-20-8-2-1-3-9-20)26-13-14-29-23(18-26)11-5-4-10-21(23)25-16-19-7-6-12-24-15-19/h1-3,6-9,12,15,21,25H,4-5,10-11,13-14,16-18H2/t21-,23+/m1/s1. The highest BCUT2D eigenvalue weighted by molar-refractivity contribution is 5.78. The first kappa shape index (κ1) is 19.9. The minimum Gasteiger partial charge on any atom is -0.484 e. The average Bonchev–Trinajstić information content (AvgIpc) is 2.78. The minimum atomic E-state index is -0.318. The number of hydrogen-bond acceptors (Lipinski definition) is 5. The molecule has 154 valence electrons. The predicted octanol–water partition coefficient (Wildman–Crippen LogP) is 2.79. The van der Waals surface area contributed by atoms with Crippen molar-refractivity contribution >= 4 is 5.91 Å². The number of pyridine rings is 1. The molecule has 2 fully saturated rings. The molecule has 1 spiro atoms. The van der Waals surface area contributed by atoms with Gasteiger partial charge in [-0.2, -0.15) is 0 Å². The molecule has 1 aromatic carbocycles. The fourth-order valence-electron chi connectivity index (χ4n) is 4.38. The van der Waals surface area contributed by atoms with E-state index in [0.29, 0.717) is 19.7 Å². The van der Waals surface area contributed by atoms with Crippen LogP contribution < -0.4 is 10.1 Å². The first-order chi connectivity index (χ1) is 14.3. The summed E-state index contributed by atoms with van der Waals surface area (Å²) in [6.07, 6.45) is 8.02. The second-order valence-electron chi connectivity index (χ2n) is 7.87. The number of para-hydroxylation sites is 1. The zero-order chi connectivity index (χ0) is 19.9. The molecule has 1 aromatic heterocycles. The molecule has 2 heterocycles. The van der Waals surface area contributed by atoms with Gasteiger partial charge in [0, 0.05) is 31.5 Å². The molecule has 2 aromatic rings. The Kier molecular flexibility index (Phi) is 6.42. The third kappa shape index (κ3) is 4.95. The van der Waals surface area contributed by atoms with E-state index in [1.165, 1.54) is 6.42 Å². The van der Waals surface area contributed by atoms with Gasteiger partial charge in [0.25, 0.3) is 5.91 Å². The van der Waals surface area contributed by atoms with Crippen LogP contribution in [0, 0.1) is 0 Å². The fourth-order valence-corrected chi connectivity index (χ4v) is 4.38. The molecule has 2 aliphatic rings. The maximum atomic E-state index is 12.8. The maximum absolute atomic E-state index is 12.8. The van der Waals surface area contributed by atoms with Crippen LogP contribution in [0.5, 0.6) is 5.75 Å². The molecule has 1 aliphatic heterocycles. The fraction of sp³-hybridized carbons (Fsp3) is 0.478. The van der Waals surface area contributed by atoms with E-state index in [2.05, 4.69) is 16.4 Å². The minimum absolute atomic E-state index is 0.0214. The molecule has 1 aliphatic carbocycles. The highest BCUT2D eigenvalue weighted by Crippen LogP contribution is 2.35. The number of carbonyl (C=O) groups is 1. The van der Waals surface area contributed by atoms with Crippen molar-refractivity contribution in [2.75, 3.05) is 26.3 Å². The molecule has 2 atom stereocenters. The quantitative estimate of drug-likeness (QED) is 0.815. The molecular weight excluding hydrogens is 366 g/mol. The number of hydrogen-bond donors (Lipinski definition) is 1. The van der Waals surface area contributed by atoms with Crippen LogP contribution in [0.4, 0.5) is 0 Å². The van der Waals surface area contributed by atoms with Crippen molar-refractivity contribution in [2.45, 2.75) is 43.9 Å². The Bertz CT molecular complexity index is 782. The number of aromatic nitrogens is 1. The van der Waals surface area contributed by atoms with Crippen LogP contribution in [0.15, 0.2) is 54.9 Å². The highest BCUT2D eigenvalue weighted by Gasteiger charge is 2.45. The number of carbonyl (C=O) groups excluding carboxylic acids is 1. The largest absolute Gasteiger partial charge is 0.484 e. The molecule has 29 heavy (non-hydrogen) atoms. The van der Waals surface area contributed by atoms with Gasteiger partial charge in [-0.05, 0) is 36.6 Å². The first-order valence-electron chi connectivity index (χ1n) is 10.5. The van der Waals surface area contributed by atoms with Crippen molar-refractivity contribution in [1.29, 1.82) is 0 Å².